The fourth-order valence-corrected chi connectivity index (χ4v) is 2.39. The molecule has 31 heavy (non-hydrogen) atoms. The van der Waals surface area contributed by atoms with E-state index in [1.165, 1.54) is 63.8 Å². The Morgan fingerprint density at radius 3 is 1.81 bits per heavy atom. The Morgan fingerprint density at radius 1 is 0.774 bits per heavy atom. The van der Waals surface area contributed by atoms with E-state index in [1.54, 1.807) is 12.1 Å². The first-order valence-corrected chi connectivity index (χ1v) is 8.83. The van der Waals surface area contributed by atoms with Gasteiger partial charge in [0.1, 0.15) is 0 Å². The molecule has 0 aliphatic heterocycles. The first-order chi connectivity index (χ1) is 14.9. The molecule has 0 saturated carbocycles. The fraction of sp³-hybridized carbons (Fsp3) is 0.182. The predicted molar refractivity (Wildman–Crippen MR) is 108 cm³/mol. The van der Waals surface area contributed by atoms with Crippen LogP contribution in [0.15, 0.2) is 48.6 Å². The molecule has 0 N–H and O–H groups in total. The van der Waals surface area contributed by atoms with Gasteiger partial charge in [-0.3, -0.25) is 0 Å². The number of rotatable bonds is 9. The van der Waals surface area contributed by atoms with Gasteiger partial charge >= 0.3 is 18.6 Å². The molecule has 2 aromatic rings. The Bertz CT molecular complexity index is 984. The molecule has 0 unspecified atom stereocenters. The Morgan fingerprint density at radius 2 is 1.29 bits per heavy atom. The molecule has 0 aliphatic carbocycles. The highest BCUT2D eigenvalue weighted by Crippen LogP contribution is 2.31. The van der Waals surface area contributed by atoms with Crippen molar-refractivity contribution >= 4 is 24.1 Å². The number of benzene rings is 2. The minimum absolute atomic E-state index is 0.0908. The molecule has 164 valence electrons. The number of halogens is 2. The van der Waals surface area contributed by atoms with Gasteiger partial charge in [-0.15, -0.1) is 0 Å². The number of hydrogen-bond donors (Lipinski definition) is 0. The van der Waals surface area contributed by atoms with Crippen molar-refractivity contribution in [3.05, 3.63) is 59.7 Å². The van der Waals surface area contributed by atoms with Crippen molar-refractivity contribution < 1.29 is 42.1 Å². The Hall–Kier alpha value is -3.88. The molecular weight excluding hydrogens is 414 g/mol. The van der Waals surface area contributed by atoms with E-state index >= 15 is 0 Å². The van der Waals surface area contributed by atoms with Crippen LogP contribution in [0.3, 0.4) is 0 Å². The quantitative estimate of drug-likeness (QED) is 0.334. The Labute approximate surface area is 177 Å². The molecule has 0 saturated heterocycles. The van der Waals surface area contributed by atoms with E-state index < -0.39 is 18.6 Å². The van der Waals surface area contributed by atoms with E-state index in [-0.39, 0.29) is 23.0 Å². The van der Waals surface area contributed by atoms with Crippen molar-refractivity contribution in [3.63, 3.8) is 0 Å². The number of carbonyl (C=O) groups is 2. The van der Waals surface area contributed by atoms with E-state index in [2.05, 4.69) is 9.47 Å². The number of esters is 2. The summed E-state index contributed by atoms with van der Waals surface area (Å²) >= 11 is 0. The van der Waals surface area contributed by atoms with Crippen molar-refractivity contribution in [2.24, 2.45) is 0 Å². The van der Waals surface area contributed by atoms with E-state index in [4.69, 9.17) is 14.2 Å². The van der Waals surface area contributed by atoms with Crippen LogP contribution in [0, 0.1) is 0 Å². The molecule has 0 amide bonds. The van der Waals surface area contributed by atoms with Crippen LogP contribution in [0.25, 0.3) is 12.2 Å². The van der Waals surface area contributed by atoms with Gasteiger partial charge in [-0.2, -0.15) is 8.78 Å². The maximum atomic E-state index is 12.4. The largest absolute Gasteiger partial charge is 0.493 e. The average Bonchev–Trinajstić information content (AvgIpc) is 2.76. The number of hydrogen-bond acceptors (Lipinski definition) is 7. The lowest BCUT2D eigenvalue weighted by Gasteiger charge is -2.10. The molecule has 9 heteroatoms. The number of alkyl halides is 2. The molecule has 2 rings (SSSR count). The monoisotopic (exact) mass is 434 g/mol. The second-order valence-corrected chi connectivity index (χ2v) is 5.81. The summed E-state index contributed by atoms with van der Waals surface area (Å²) < 4.78 is 49.2. The van der Waals surface area contributed by atoms with Gasteiger partial charge in [-0.05, 0) is 47.5 Å². The van der Waals surface area contributed by atoms with E-state index in [9.17, 15) is 18.4 Å². The van der Waals surface area contributed by atoms with Crippen LogP contribution in [0.4, 0.5) is 8.78 Å². The summed E-state index contributed by atoms with van der Waals surface area (Å²) in [4.78, 5) is 23.3. The van der Waals surface area contributed by atoms with Crippen LogP contribution >= 0.6 is 0 Å². The lowest BCUT2D eigenvalue weighted by Crippen LogP contribution is -2.05. The zero-order valence-electron chi connectivity index (χ0n) is 17.0. The van der Waals surface area contributed by atoms with Gasteiger partial charge in [0.25, 0.3) is 0 Å². The third-order valence-corrected chi connectivity index (χ3v) is 3.83. The number of carbonyl (C=O) groups excluding carboxylic acids is 2. The van der Waals surface area contributed by atoms with Crippen LogP contribution in [-0.4, -0.2) is 39.9 Å². The van der Waals surface area contributed by atoms with E-state index in [1.807, 2.05) is 0 Å². The Balaban J connectivity index is 2.10. The molecule has 2 aromatic carbocycles. The third kappa shape index (κ3) is 7.14. The van der Waals surface area contributed by atoms with Gasteiger partial charge in [-0.25, -0.2) is 9.59 Å². The number of ether oxygens (including phenoxy) is 5. The molecule has 0 atom stereocenters. The van der Waals surface area contributed by atoms with Gasteiger partial charge < -0.3 is 23.7 Å². The van der Waals surface area contributed by atoms with Crippen molar-refractivity contribution in [3.8, 4) is 23.0 Å². The van der Waals surface area contributed by atoms with Crippen molar-refractivity contribution in [2.75, 3.05) is 21.3 Å². The minimum Gasteiger partial charge on any atom is -0.493 e. The van der Waals surface area contributed by atoms with E-state index in [0.29, 0.717) is 11.1 Å². The minimum atomic E-state index is -2.98. The summed E-state index contributed by atoms with van der Waals surface area (Å²) in [6.07, 6.45) is 5.35. The molecule has 0 aromatic heterocycles. The molecule has 7 nitrogen and oxygen atoms in total. The summed E-state index contributed by atoms with van der Waals surface area (Å²) in [6.45, 7) is -2.98. The zero-order valence-corrected chi connectivity index (χ0v) is 17.0. The average molecular weight is 434 g/mol. The Kier molecular flexibility index (Phi) is 8.56. The van der Waals surface area contributed by atoms with Crippen LogP contribution in [0.1, 0.15) is 11.1 Å². The standard InChI is InChI=1S/C22H20F2O7/c1-27-18-12-14(6-10-20(25)29-3)4-8-16(18)30-21(26)11-7-15-5-9-17(31-22(23)24)19(13-15)28-2/h4-13,22H,1-3H3/b10-6+,11-7+. The molecule has 0 spiro atoms. The molecule has 0 bridgehead atoms. The topological polar surface area (TPSA) is 80.3 Å². The van der Waals surface area contributed by atoms with Gasteiger partial charge in [0.15, 0.2) is 23.0 Å². The van der Waals surface area contributed by atoms with E-state index in [0.717, 1.165) is 6.08 Å². The smallest absolute Gasteiger partial charge is 0.387 e. The highest BCUT2D eigenvalue weighted by atomic mass is 19.3. The second-order valence-electron chi connectivity index (χ2n) is 5.81. The second kappa shape index (κ2) is 11.3. The van der Waals surface area contributed by atoms with Crippen molar-refractivity contribution in [1.29, 1.82) is 0 Å². The first-order valence-electron chi connectivity index (χ1n) is 8.83. The van der Waals surface area contributed by atoms with Gasteiger partial charge in [0.2, 0.25) is 0 Å². The van der Waals surface area contributed by atoms with Crippen LogP contribution in [0.5, 0.6) is 23.0 Å². The van der Waals surface area contributed by atoms with Crippen LogP contribution in [0.2, 0.25) is 0 Å². The lowest BCUT2D eigenvalue weighted by molar-refractivity contribution is -0.134. The summed E-state index contributed by atoms with van der Waals surface area (Å²) in [5, 5.41) is 0. The van der Waals surface area contributed by atoms with Crippen molar-refractivity contribution in [2.45, 2.75) is 6.61 Å². The van der Waals surface area contributed by atoms with Gasteiger partial charge in [0.05, 0.1) is 21.3 Å². The van der Waals surface area contributed by atoms with Crippen LogP contribution < -0.4 is 18.9 Å². The first kappa shape index (κ1) is 23.4. The highest BCUT2D eigenvalue weighted by molar-refractivity contribution is 5.89. The lowest BCUT2D eigenvalue weighted by atomic mass is 10.2. The number of methoxy groups -OCH3 is 3. The fourth-order valence-electron chi connectivity index (χ4n) is 2.39. The predicted octanol–water partition coefficient (Wildman–Crippen LogP) is 4.11. The van der Waals surface area contributed by atoms with Gasteiger partial charge in [-0.1, -0.05) is 12.1 Å². The maximum Gasteiger partial charge on any atom is 0.387 e. The summed E-state index contributed by atoms with van der Waals surface area (Å²) in [7, 11) is 3.99. The highest BCUT2D eigenvalue weighted by Gasteiger charge is 2.11. The normalized spacial score (nSPS) is 11.0. The molecular formula is C22H20F2O7. The van der Waals surface area contributed by atoms with Gasteiger partial charge in [0, 0.05) is 12.2 Å². The SMILES string of the molecule is COC(=O)/C=C/c1ccc(OC(=O)/C=C/c2ccc(OC(F)F)c(OC)c2)c(OC)c1. The van der Waals surface area contributed by atoms with Crippen molar-refractivity contribution in [1.82, 2.24) is 0 Å². The maximum absolute atomic E-state index is 12.4. The molecule has 0 aliphatic rings. The summed E-state index contributed by atoms with van der Waals surface area (Å²) in [5.74, 6) is -0.779. The zero-order chi connectivity index (χ0) is 22.8. The summed E-state index contributed by atoms with van der Waals surface area (Å²) in [5.41, 5.74) is 1.14. The summed E-state index contributed by atoms with van der Waals surface area (Å²) in [6, 6.07) is 8.94. The molecule has 0 fully saturated rings. The van der Waals surface area contributed by atoms with Crippen LogP contribution in [-0.2, 0) is 14.3 Å². The third-order valence-electron chi connectivity index (χ3n) is 3.83. The molecule has 0 heterocycles. The molecule has 0 radical (unpaired) electrons.